The summed E-state index contributed by atoms with van der Waals surface area (Å²) in [5.41, 5.74) is 1.01. The van der Waals surface area contributed by atoms with Crippen molar-refractivity contribution >= 4 is 24.0 Å². The lowest BCUT2D eigenvalue weighted by Crippen LogP contribution is -2.03. The van der Waals surface area contributed by atoms with Gasteiger partial charge in [-0.05, 0) is 35.9 Å². The number of non-ortho nitro benzene ring substituents is 1. The number of nitro benzene ring substituents is 1. The maximum absolute atomic E-state index is 11.7. The molecule has 0 heterocycles. The highest BCUT2D eigenvalue weighted by Crippen LogP contribution is 2.14. The second-order valence-corrected chi connectivity index (χ2v) is 4.29. The fourth-order valence-corrected chi connectivity index (χ4v) is 1.67. The highest BCUT2D eigenvalue weighted by molar-refractivity contribution is 5.89. The summed E-state index contributed by atoms with van der Waals surface area (Å²) >= 11 is 0. The molecule has 0 unspecified atom stereocenters. The average molecular weight is 297 g/mol. The molecule has 0 saturated carbocycles. The summed E-state index contributed by atoms with van der Waals surface area (Å²) < 4.78 is 5.05. The molecule has 0 saturated heterocycles. The van der Waals surface area contributed by atoms with Gasteiger partial charge >= 0.3 is 5.97 Å². The maximum atomic E-state index is 11.7. The number of carbonyl (C=O) groups excluding carboxylic acids is 2. The number of carbonyl (C=O) groups is 2. The van der Waals surface area contributed by atoms with Gasteiger partial charge in [-0.3, -0.25) is 14.9 Å². The second kappa shape index (κ2) is 6.94. The van der Waals surface area contributed by atoms with Gasteiger partial charge in [-0.25, -0.2) is 4.79 Å². The Labute approximate surface area is 125 Å². The Bertz CT molecular complexity index is 734. The van der Waals surface area contributed by atoms with Crippen LogP contribution in [-0.2, 0) is 4.79 Å². The molecule has 0 N–H and O–H groups in total. The molecule has 0 bridgehead atoms. The molecule has 6 nitrogen and oxygen atoms in total. The van der Waals surface area contributed by atoms with E-state index in [1.807, 2.05) is 0 Å². The summed E-state index contributed by atoms with van der Waals surface area (Å²) in [5.74, 6) is -0.343. The predicted octanol–water partition coefficient (Wildman–Crippen LogP) is 3.03. The van der Waals surface area contributed by atoms with E-state index in [4.69, 9.17) is 4.74 Å². The fraction of sp³-hybridized carbons (Fsp3) is 0. The van der Waals surface area contributed by atoms with E-state index >= 15 is 0 Å². The van der Waals surface area contributed by atoms with Crippen LogP contribution in [0.2, 0.25) is 0 Å². The van der Waals surface area contributed by atoms with Crippen molar-refractivity contribution in [3.8, 4) is 5.75 Å². The van der Waals surface area contributed by atoms with E-state index in [0.717, 1.165) is 0 Å². The lowest BCUT2D eigenvalue weighted by Gasteiger charge is -2.01. The summed E-state index contributed by atoms with van der Waals surface area (Å²) in [6, 6.07) is 11.9. The van der Waals surface area contributed by atoms with E-state index < -0.39 is 10.9 Å². The van der Waals surface area contributed by atoms with Crippen molar-refractivity contribution in [1.29, 1.82) is 0 Å². The minimum Gasteiger partial charge on any atom is -0.423 e. The monoisotopic (exact) mass is 297 g/mol. The van der Waals surface area contributed by atoms with Crippen molar-refractivity contribution in [1.82, 2.24) is 0 Å². The minimum absolute atomic E-state index is 0.0228. The van der Waals surface area contributed by atoms with Gasteiger partial charge in [-0.15, -0.1) is 0 Å². The number of esters is 1. The fourth-order valence-electron chi connectivity index (χ4n) is 1.67. The molecule has 0 spiro atoms. The first-order valence-corrected chi connectivity index (χ1v) is 6.28. The Kier molecular flexibility index (Phi) is 4.77. The molecule has 2 rings (SSSR count). The van der Waals surface area contributed by atoms with Crippen molar-refractivity contribution in [3.63, 3.8) is 0 Å². The van der Waals surface area contributed by atoms with Gasteiger partial charge in [0.15, 0.2) is 0 Å². The van der Waals surface area contributed by atoms with Gasteiger partial charge < -0.3 is 4.74 Å². The molecule has 0 fully saturated rings. The third kappa shape index (κ3) is 4.11. The molecule has 0 amide bonds. The van der Waals surface area contributed by atoms with Gasteiger partial charge in [0.25, 0.3) is 5.69 Å². The lowest BCUT2D eigenvalue weighted by atomic mass is 10.2. The van der Waals surface area contributed by atoms with Gasteiger partial charge in [0, 0.05) is 23.8 Å². The summed E-state index contributed by atoms with van der Waals surface area (Å²) in [6.45, 7) is 0. The van der Waals surface area contributed by atoms with Crippen LogP contribution >= 0.6 is 0 Å². The minimum atomic E-state index is -0.610. The van der Waals surface area contributed by atoms with Crippen molar-refractivity contribution in [2.75, 3.05) is 0 Å². The molecule has 22 heavy (non-hydrogen) atoms. The highest BCUT2D eigenvalue weighted by Gasteiger charge is 2.04. The number of ether oxygens (including phenoxy) is 1. The number of aldehydes is 1. The summed E-state index contributed by atoms with van der Waals surface area (Å²) in [6.07, 6.45) is 3.34. The van der Waals surface area contributed by atoms with Crippen LogP contribution in [0.3, 0.4) is 0 Å². The van der Waals surface area contributed by atoms with Crippen LogP contribution < -0.4 is 4.74 Å². The average Bonchev–Trinajstić information content (AvgIpc) is 2.53. The third-order valence-corrected chi connectivity index (χ3v) is 2.73. The van der Waals surface area contributed by atoms with E-state index in [1.54, 1.807) is 18.2 Å². The van der Waals surface area contributed by atoms with Crippen LogP contribution in [0, 0.1) is 10.1 Å². The zero-order valence-electron chi connectivity index (χ0n) is 11.3. The van der Waals surface area contributed by atoms with Crippen LogP contribution in [-0.4, -0.2) is 17.2 Å². The number of rotatable bonds is 5. The number of nitro groups is 1. The molecule has 0 aliphatic rings. The first-order valence-electron chi connectivity index (χ1n) is 6.28. The quantitative estimate of drug-likeness (QED) is 0.211. The van der Waals surface area contributed by atoms with E-state index in [1.165, 1.54) is 42.5 Å². The molecule has 0 aromatic heterocycles. The maximum Gasteiger partial charge on any atom is 0.336 e. The van der Waals surface area contributed by atoms with Gasteiger partial charge in [0.05, 0.1) is 4.92 Å². The van der Waals surface area contributed by atoms with Crippen LogP contribution in [0.25, 0.3) is 6.08 Å². The normalized spacial score (nSPS) is 10.4. The summed E-state index contributed by atoms with van der Waals surface area (Å²) in [5, 5.41) is 10.5. The Balaban J connectivity index is 2.01. The van der Waals surface area contributed by atoms with Crippen molar-refractivity contribution < 1.29 is 19.2 Å². The number of hydrogen-bond acceptors (Lipinski definition) is 5. The molecule has 110 valence electrons. The SMILES string of the molecule is O=Cc1cccc(OC(=O)/C=C/c2ccc([N+](=O)[O-])cc2)c1. The molecule has 0 atom stereocenters. The first kappa shape index (κ1) is 15.1. The van der Waals surface area contributed by atoms with Crippen LogP contribution in [0.1, 0.15) is 15.9 Å². The molecule has 6 heteroatoms. The Morgan fingerprint density at radius 2 is 1.82 bits per heavy atom. The molecule has 2 aromatic rings. The van der Waals surface area contributed by atoms with Crippen molar-refractivity contribution in [2.45, 2.75) is 0 Å². The molecular formula is C16H11NO5. The van der Waals surface area contributed by atoms with Crippen molar-refractivity contribution in [3.05, 3.63) is 75.8 Å². The zero-order chi connectivity index (χ0) is 15.9. The number of hydrogen-bond donors (Lipinski definition) is 0. The van der Waals surface area contributed by atoms with Gasteiger partial charge in [0.2, 0.25) is 0 Å². The topological polar surface area (TPSA) is 86.5 Å². The predicted molar refractivity (Wildman–Crippen MR) is 79.6 cm³/mol. The summed E-state index contributed by atoms with van der Waals surface area (Å²) in [7, 11) is 0. The van der Waals surface area contributed by atoms with Gasteiger partial charge in [-0.1, -0.05) is 12.1 Å². The molecule has 0 aliphatic heterocycles. The van der Waals surface area contributed by atoms with E-state index in [0.29, 0.717) is 17.4 Å². The number of nitrogens with zero attached hydrogens (tertiary/aromatic N) is 1. The van der Waals surface area contributed by atoms with E-state index in [-0.39, 0.29) is 11.4 Å². The molecule has 2 aromatic carbocycles. The summed E-state index contributed by atoms with van der Waals surface area (Å²) in [4.78, 5) is 32.3. The molecule has 0 aliphatic carbocycles. The van der Waals surface area contributed by atoms with Gasteiger partial charge in [0.1, 0.15) is 12.0 Å². The van der Waals surface area contributed by atoms with Crippen LogP contribution in [0.15, 0.2) is 54.6 Å². The van der Waals surface area contributed by atoms with E-state index in [9.17, 15) is 19.7 Å². The highest BCUT2D eigenvalue weighted by atomic mass is 16.6. The third-order valence-electron chi connectivity index (χ3n) is 2.73. The zero-order valence-corrected chi connectivity index (χ0v) is 11.3. The number of benzene rings is 2. The smallest absolute Gasteiger partial charge is 0.336 e. The second-order valence-electron chi connectivity index (χ2n) is 4.29. The van der Waals surface area contributed by atoms with Gasteiger partial charge in [-0.2, -0.15) is 0 Å². The lowest BCUT2D eigenvalue weighted by molar-refractivity contribution is -0.384. The Hall–Kier alpha value is -3.28. The van der Waals surface area contributed by atoms with Crippen molar-refractivity contribution in [2.24, 2.45) is 0 Å². The standard InChI is InChI=1S/C16H11NO5/c18-11-13-2-1-3-15(10-13)22-16(19)9-6-12-4-7-14(8-5-12)17(20)21/h1-11H/b9-6+. The molecular weight excluding hydrogens is 286 g/mol. The Morgan fingerprint density at radius 1 is 1.09 bits per heavy atom. The largest absolute Gasteiger partial charge is 0.423 e. The van der Waals surface area contributed by atoms with E-state index in [2.05, 4.69) is 0 Å². The van der Waals surface area contributed by atoms with Crippen LogP contribution in [0.4, 0.5) is 5.69 Å². The first-order chi connectivity index (χ1) is 10.6. The molecule has 0 radical (unpaired) electrons. The Morgan fingerprint density at radius 3 is 2.45 bits per heavy atom. The van der Waals surface area contributed by atoms with Crippen LogP contribution in [0.5, 0.6) is 5.75 Å².